The molecule has 2 aromatic heterocycles. The van der Waals surface area contributed by atoms with E-state index in [0.717, 1.165) is 21.9 Å². The van der Waals surface area contributed by atoms with Crippen LogP contribution in [0.1, 0.15) is 68.0 Å². The zero-order valence-corrected chi connectivity index (χ0v) is 27.2. The Morgan fingerprint density at radius 1 is 0.878 bits per heavy atom. The van der Waals surface area contributed by atoms with Crippen LogP contribution in [-0.2, 0) is 39.3 Å². The van der Waals surface area contributed by atoms with Gasteiger partial charge in [-0.2, -0.15) is 0 Å². The molecule has 2 spiro atoms. The monoisotopic (exact) mass is 668 g/mol. The van der Waals surface area contributed by atoms with E-state index >= 15 is 0 Å². The molecule has 0 saturated heterocycles. The number of fused-ring (bicyclic) bond motifs is 4. The van der Waals surface area contributed by atoms with Crippen molar-refractivity contribution in [2.45, 2.75) is 61.9 Å². The Bertz CT molecular complexity index is 2110. The Balaban J connectivity index is 0.000000160. The second-order valence-electron chi connectivity index (χ2n) is 13.9. The van der Waals surface area contributed by atoms with Gasteiger partial charge < -0.3 is 19.2 Å². The van der Waals surface area contributed by atoms with Gasteiger partial charge in [-0.25, -0.2) is 19.7 Å². The van der Waals surface area contributed by atoms with Crippen LogP contribution in [0.2, 0.25) is 0 Å². The van der Waals surface area contributed by atoms with E-state index in [0.29, 0.717) is 29.8 Å². The summed E-state index contributed by atoms with van der Waals surface area (Å²) in [5.41, 5.74) is 1.18. The van der Waals surface area contributed by atoms with Gasteiger partial charge in [0.1, 0.15) is 5.60 Å². The lowest BCUT2D eigenvalue weighted by Crippen LogP contribution is -2.41. The van der Waals surface area contributed by atoms with E-state index in [2.05, 4.69) is 15.3 Å². The number of anilines is 2. The van der Waals surface area contributed by atoms with Crippen molar-refractivity contribution in [3.8, 4) is 0 Å². The molecule has 4 unspecified atom stereocenters. The lowest BCUT2D eigenvalue weighted by Gasteiger charge is -2.24. The third-order valence-corrected chi connectivity index (χ3v) is 9.51. The Morgan fingerprint density at radius 3 is 1.94 bits per heavy atom. The first kappa shape index (κ1) is 31.7. The number of carbonyl (C=O) groups excluding carboxylic acids is 3. The number of hydrogen-bond donors (Lipinski definition) is 1. The predicted octanol–water partition coefficient (Wildman–Crippen LogP) is 4.74. The van der Waals surface area contributed by atoms with Gasteiger partial charge in [0.25, 0.3) is 11.4 Å². The molecule has 4 atom stereocenters. The average Bonchev–Trinajstić information content (AvgIpc) is 3.77. The number of hydrogen-bond acceptors (Lipinski definition) is 10. The van der Waals surface area contributed by atoms with E-state index in [1.54, 1.807) is 44.1 Å². The number of nitrogens with one attached hydrogen (secondary N) is 1. The fourth-order valence-electron chi connectivity index (χ4n) is 7.13. The van der Waals surface area contributed by atoms with Crippen molar-refractivity contribution >= 4 is 40.7 Å². The summed E-state index contributed by atoms with van der Waals surface area (Å²) in [5.74, 6) is -0.766. The minimum Gasteiger partial charge on any atom is -0.443 e. The van der Waals surface area contributed by atoms with E-state index < -0.39 is 38.3 Å². The number of imide groups is 1. The topological polar surface area (TPSA) is 198 Å². The molecule has 2 aliphatic heterocycles. The van der Waals surface area contributed by atoms with Gasteiger partial charge in [-0.15, -0.1) is 0 Å². The largest absolute Gasteiger partial charge is 0.443 e. The van der Waals surface area contributed by atoms with Crippen molar-refractivity contribution in [2.24, 2.45) is 14.1 Å². The highest BCUT2D eigenvalue weighted by atomic mass is 16.6. The second-order valence-corrected chi connectivity index (χ2v) is 13.9. The molecule has 16 heteroatoms. The molecule has 0 radical (unpaired) electrons. The van der Waals surface area contributed by atoms with Crippen LogP contribution in [0.15, 0.2) is 61.4 Å². The summed E-state index contributed by atoms with van der Waals surface area (Å²) in [7, 11) is 3.70. The Morgan fingerprint density at radius 2 is 1.41 bits per heavy atom. The Kier molecular flexibility index (Phi) is 6.81. The highest BCUT2D eigenvalue weighted by Gasteiger charge is 2.70. The van der Waals surface area contributed by atoms with Crippen molar-refractivity contribution in [1.29, 1.82) is 0 Å². The molecule has 252 valence electrons. The van der Waals surface area contributed by atoms with Gasteiger partial charge in [0, 0.05) is 68.3 Å². The third-order valence-electron chi connectivity index (χ3n) is 9.51. The van der Waals surface area contributed by atoms with Crippen molar-refractivity contribution < 1.29 is 29.0 Å². The van der Waals surface area contributed by atoms with Crippen LogP contribution < -0.4 is 10.2 Å². The van der Waals surface area contributed by atoms with E-state index in [-0.39, 0.29) is 29.1 Å². The van der Waals surface area contributed by atoms with Crippen LogP contribution in [-0.4, -0.2) is 52.5 Å². The molecule has 49 heavy (non-hydrogen) atoms. The fourth-order valence-corrected chi connectivity index (χ4v) is 7.13. The van der Waals surface area contributed by atoms with Crippen LogP contribution in [0.3, 0.4) is 0 Å². The van der Waals surface area contributed by atoms with Gasteiger partial charge in [0.15, 0.2) is 0 Å². The molecule has 2 aliphatic carbocycles. The maximum absolute atomic E-state index is 13.4. The number of non-ortho nitro benzene ring substituents is 2. The lowest BCUT2D eigenvalue weighted by atomic mass is 9.93. The van der Waals surface area contributed by atoms with Crippen molar-refractivity contribution in [1.82, 2.24) is 19.1 Å². The number of carbonyl (C=O) groups is 3. The summed E-state index contributed by atoms with van der Waals surface area (Å²) >= 11 is 0. The van der Waals surface area contributed by atoms with E-state index in [4.69, 9.17) is 4.74 Å². The number of aromatic nitrogens is 4. The number of imidazole rings is 2. The second kappa shape index (κ2) is 10.5. The molecule has 8 rings (SSSR count). The van der Waals surface area contributed by atoms with E-state index in [1.165, 1.54) is 30.3 Å². The van der Waals surface area contributed by atoms with Crippen LogP contribution in [0, 0.1) is 20.2 Å². The molecule has 3 amide bonds. The van der Waals surface area contributed by atoms with Gasteiger partial charge in [0.2, 0.25) is 11.8 Å². The van der Waals surface area contributed by atoms with Gasteiger partial charge >= 0.3 is 6.09 Å². The fraction of sp³-hybridized carbons (Fsp3) is 0.364. The van der Waals surface area contributed by atoms with E-state index in [1.807, 2.05) is 31.1 Å². The number of nitro groups is 2. The molecular formula is C33H32N8O8. The zero-order valence-electron chi connectivity index (χ0n) is 27.2. The molecule has 0 bridgehead atoms. The summed E-state index contributed by atoms with van der Waals surface area (Å²) in [4.78, 5) is 69.4. The number of nitro benzene ring substituents is 2. The molecule has 16 nitrogen and oxygen atoms in total. The standard InChI is InChI=1S/C19H20N4O5.C14H12N4O3/c1-18(2,3)28-17(25)22-15-6-5-11(23(26)27)7-12(15)19(16(22)24)8-13(19)14-9-21(4)10-20-14;1-17-6-12(15-7-17)10-5-14(10)9-4-8(18(20)21)2-3-11(9)16-13(14)19/h5-7,9-10,13H,8H2,1-4H3;2-4,6-7,10H,5H2,1H3,(H,16,19). The van der Waals surface area contributed by atoms with Gasteiger partial charge in [-0.05, 0) is 56.9 Å². The third kappa shape index (κ3) is 4.93. The van der Waals surface area contributed by atoms with Crippen LogP contribution in [0.5, 0.6) is 0 Å². The number of aryl methyl sites for hydroxylation is 2. The number of ether oxygens (including phenoxy) is 1. The molecule has 2 fully saturated rings. The first-order chi connectivity index (χ1) is 23.1. The molecule has 4 heterocycles. The van der Waals surface area contributed by atoms with Crippen molar-refractivity contribution in [3.05, 3.63) is 104 Å². The summed E-state index contributed by atoms with van der Waals surface area (Å²) in [6.07, 6.45) is 7.35. The van der Waals surface area contributed by atoms with Crippen LogP contribution in [0.4, 0.5) is 27.5 Å². The summed E-state index contributed by atoms with van der Waals surface area (Å²) < 4.78 is 9.02. The molecular weight excluding hydrogens is 636 g/mol. The van der Waals surface area contributed by atoms with Crippen LogP contribution >= 0.6 is 0 Å². The van der Waals surface area contributed by atoms with Gasteiger partial charge in [-0.3, -0.25) is 29.8 Å². The number of amides is 3. The SMILES string of the molecule is Cn1cnc(C2CC23C(=O)N(C(=O)OC(C)(C)C)c2ccc([N+](=O)[O-])cc23)c1.Cn1cnc(C2CC23C(=O)Nc2ccc([N+](=O)[O-])cc23)c1. The summed E-state index contributed by atoms with van der Waals surface area (Å²) in [6.45, 7) is 5.14. The van der Waals surface area contributed by atoms with Gasteiger partial charge in [0.05, 0.1) is 50.4 Å². The summed E-state index contributed by atoms with van der Waals surface area (Å²) in [5, 5.41) is 25.1. The minimum atomic E-state index is -1.02. The molecule has 2 saturated carbocycles. The first-order valence-corrected chi connectivity index (χ1v) is 15.5. The summed E-state index contributed by atoms with van der Waals surface area (Å²) in [6, 6.07) is 8.65. The number of benzene rings is 2. The van der Waals surface area contributed by atoms with Crippen molar-refractivity contribution in [3.63, 3.8) is 0 Å². The van der Waals surface area contributed by atoms with Crippen LogP contribution in [0.25, 0.3) is 0 Å². The number of rotatable bonds is 4. The Labute approximate surface area is 279 Å². The lowest BCUT2D eigenvalue weighted by molar-refractivity contribution is -0.385. The molecule has 4 aromatic rings. The molecule has 1 N–H and O–H groups in total. The van der Waals surface area contributed by atoms with E-state index in [9.17, 15) is 34.6 Å². The minimum absolute atomic E-state index is 0.0105. The average molecular weight is 669 g/mol. The molecule has 2 aromatic carbocycles. The smallest absolute Gasteiger partial charge is 0.421 e. The first-order valence-electron chi connectivity index (χ1n) is 15.5. The molecule has 4 aliphatic rings. The van der Waals surface area contributed by atoms with Gasteiger partial charge in [-0.1, -0.05) is 0 Å². The highest BCUT2D eigenvalue weighted by molar-refractivity contribution is 6.23. The predicted molar refractivity (Wildman–Crippen MR) is 173 cm³/mol. The van der Waals surface area contributed by atoms with Crippen molar-refractivity contribution in [2.75, 3.05) is 10.2 Å². The number of nitrogens with zero attached hydrogens (tertiary/aromatic N) is 7. The maximum atomic E-state index is 13.4. The Hall–Kier alpha value is -5.93. The quantitative estimate of drug-likeness (QED) is 0.234. The highest BCUT2D eigenvalue weighted by Crippen LogP contribution is 2.67. The normalized spacial score (nSPS) is 24.2. The zero-order chi connectivity index (χ0) is 35.2. The maximum Gasteiger partial charge on any atom is 0.421 e.